The van der Waals surface area contributed by atoms with Gasteiger partial charge in [0.1, 0.15) is 0 Å². The molecule has 0 spiro atoms. The van der Waals surface area contributed by atoms with E-state index in [9.17, 15) is 0 Å². The topological polar surface area (TPSA) is 38.0 Å². The second kappa shape index (κ2) is 4.97. The first-order valence-corrected chi connectivity index (χ1v) is 6.28. The molecule has 0 amide bonds. The molecule has 1 atom stereocenters. The smallest absolute Gasteiger partial charge is 0.0718 e. The Morgan fingerprint density at radius 1 is 1.31 bits per heavy atom. The normalized spacial score (nSPS) is 12.7. The zero-order chi connectivity index (χ0) is 11.5. The number of thiophene rings is 1. The van der Waals surface area contributed by atoms with E-state index in [1.165, 1.54) is 0 Å². The van der Waals surface area contributed by atoms with Gasteiger partial charge < -0.3 is 0 Å². The average Bonchev–Trinajstić information content (AvgIpc) is 2.70. The van der Waals surface area contributed by atoms with Crippen molar-refractivity contribution in [3.63, 3.8) is 0 Å². The number of benzene rings is 1. The maximum absolute atomic E-state index is 6.05. The van der Waals surface area contributed by atoms with Crippen molar-refractivity contribution in [2.24, 2.45) is 5.84 Å². The molecule has 0 aliphatic rings. The van der Waals surface area contributed by atoms with Gasteiger partial charge in [-0.05, 0) is 52.6 Å². The van der Waals surface area contributed by atoms with Gasteiger partial charge in [-0.25, -0.2) is 5.43 Å². The molecule has 0 saturated carbocycles. The van der Waals surface area contributed by atoms with Crippen molar-refractivity contribution in [3.8, 4) is 0 Å². The highest BCUT2D eigenvalue weighted by Crippen LogP contribution is 2.26. The molecule has 2 aromatic rings. The van der Waals surface area contributed by atoms with Crippen LogP contribution in [-0.4, -0.2) is 0 Å². The molecule has 0 fully saturated rings. The van der Waals surface area contributed by atoms with E-state index in [-0.39, 0.29) is 6.04 Å². The highest BCUT2D eigenvalue weighted by molar-refractivity contribution is 7.08. The molecule has 0 aliphatic carbocycles. The maximum Gasteiger partial charge on any atom is 0.0718 e. The summed E-state index contributed by atoms with van der Waals surface area (Å²) < 4.78 is 0. The first-order valence-electron chi connectivity index (χ1n) is 4.96. The summed E-state index contributed by atoms with van der Waals surface area (Å²) in [7, 11) is 0. The Hall–Kier alpha value is -0.870. The van der Waals surface area contributed by atoms with Crippen LogP contribution in [0.3, 0.4) is 0 Å². The molecule has 1 heterocycles. The molecular weight excluding hydrogens is 240 g/mol. The Bertz CT molecular complexity index is 448. The van der Waals surface area contributed by atoms with E-state index < -0.39 is 0 Å². The Labute approximate surface area is 104 Å². The number of nitrogens with two attached hydrogens (primary N) is 1. The second-order valence-electron chi connectivity index (χ2n) is 3.72. The summed E-state index contributed by atoms with van der Waals surface area (Å²) >= 11 is 7.70. The van der Waals surface area contributed by atoms with E-state index in [0.717, 1.165) is 21.7 Å². The van der Waals surface area contributed by atoms with E-state index >= 15 is 0 Å². The van der Waals surface area contributed by atoms with Crippen LogP contribution in [0.2, 0.25) is 5.02 Å². The minimum absolute atomic E-state index is 0.00338. The van der Waals surface area contributed by atoms with Gasteiger partial charge in [-0.1, -0.05) is 17.7 Å². The Balaban J connectivity index is 2.41. The summed E-state index contributed by atoms with van der Waals surface area (Å²) in [5.41, 5.74) is 6.21. The third-order valence-electron chi connectivity index (χ3n) is 2.44. The number of hydrogen-bond acceptors (Lipinski definition) is 3. The van der Waals surface area contributed by atoms with Gasteiger partial charge >= 0.3 is 0 Å². The summed E-state index contributed by atoms with van der Waals surface area (Å²) in [4.78, 5) is 0. The van der Waals surface area contributed by atoms with Crippen LogP contribution in [0.4, 0.5) is 0 Å². The molecule has 16 heavy (non-hydrogen) atoms. The van der Waals surface area contributed by atoms with Gasteiger partial charge in [0.05, 0.1) is 6.04 Å². The van der Waals surface area contributed by atoms with Crippen molar-refractivity contribution in [1.82, 2.24) is 5.43 Å². The molecule has 2 nitrogen and oxygen atoms in total. The van der Waals surface area contributed by atoms with Crippen LogP contribution >= 0.6 is 22.9 Å². The Morgan fingerprint density at radius 3 is 2.69 bits per heavy atom. The van der Waals surface area contributed by atoms with Crippen LogP contribution in [0, 0.1) is 6.92 Å². The molecule has 4 heteroatoms. The fourth-order valence-corrected chi connectivity index (χ4v) is 2.74. The van der Waals surface area contributed by atoms with Crippen molar-refractivity contribution >= 4 is 22.9 Å². The lowest BCUT2D eigenvalue weighted by Crippen LogP contribution is -2.28. The lowest BCUT2D eigenvalue weighted by molar-refractivity contribution is 0.638. The molecule has 0 radical (unpaired) electrons. The predicted molar refractivity (Wildman–Crippen MR) is 69.7 cm³/mol. The molecule has 1 unspecified atom stereocenters. The minimum Gasteiger partial charge on any atom is -0.271 e. The largest absolute Gasteiger partial charge is 0.271 e. The van der Waals surface area contributed by atoms with Crippen LogP contribution in [-0.2, 0) is 0 Å². The average molecular weight is 253 g/mol. The van der Waals surface area contributed by atoms with Crippen LogP contribution in [0.5, 0.6) is 0 Å². The highest BCUT2D eigenvalue weighted by Gasteiger charge is 2.13. The highest BCUT2D eigenvalue weighted by atomic mass is 35.5. The van der Waals surface area contributed by atoms with E-state index in [2.05, 4.69) is 22.9 Å². The molecule has 3 N–H and O–H groups in total. The molecule has 1 aromatic heterocycles. The lowest BCUT2D eigenvalue weighted by atomic mass is 10.0. The standard InChI is InChI=1S/C12H13ClN2S/c1-8-4-10(6-11(13)5-8)12(15-14)9-2-3-16-7-9/h2-7,12,15H,14H2,1H3. The van der Waals surface area contributed by atoms with E-state index in [0.29, 0.717) is 0 Å². The third kappa shape index (κ3) is 2.44. The van der Waals surface area contributed by atoms with E-state index in [1.807, 2.05) is 24.4 Å². The minimum atomic E-state index is 0.00338. The molecule has 0 saturated heterocycles. The van der Waals surface area contributed by atoms with Crippen molar-refractivity contribution in [2.45, 2.75) is 13.0 Å². The van der Waals surface area contributed by atoms with Crippen molar-refractivity contribution in [1.29, 1.82) is 0 Å². The third-order valence-corrected chi connectivity index (χ3v) is 3.36. The van der Waals surface area contributed by atoms with Crippen molar-refractivity contribution < 1.29 is 0 Å². The molecule has 0 bridgehead atoms. The van der Waals surface area contributed by atoms with Crippen LogP contribution < -0.4 is 11.3 Å². The van der Waals surface area contributed by atoms with E-state index in [1.54, 1.807) is 11.3 Å². The van der Waals surface area contributed by atoms with Crippen molar-refractivity contribution in [3.05, 3.63) is 56.7 Å². The van der Waals surface area contributed by atoms with Gasteiger partial charge in [0.15, 0.2) is 0 Å². The first-order chi connectivity index (χ1) is 7.70. The van der Waals surface area contributed by atoms with Crippen LogP contribution in [0.25, 0.3) is 0 Å². The zero-order valence-corrected chi connectivity index (χ0v) is 10.5. The molecule has 0 aliphatic heterocycles. The second-order valence-corrected chi connectivity index (χ2v) is 4.93. The Kier molecular flexibility index (Phi) is 3.61. The fourth-order valence-electron chi connectivity index (χ4n) is 1.76. The molecular formula is C12H13ClN2S. The van der Waals surface area contributed by atoms with Gasteiger partial charge in [0.25, 0.3) is 0 Å². The molecule has 84 valence electrons. The SMILES string of the molecule is Cc1cc(Cl)cc(C(NN)c2ccsc2)c1. The summed E-state index contributed by atoms with van der Waals surface area (Å²) in [6, 6.07) is 8.03. The number of rotatable bonds is 3. The summed E-state index contributed by atoms with van der Waals surface area (Å²) in [5, 5.41) is 4.86. The fraction of sp³-hybridized carbons (Fsp3) is 0.167. The quantitative estimate of drug-likeness (QED) is 0.650. The maximum atomic E-state index is 6.05. The van der Waals surface area contributed by atoms with Gasteiger partial charge in [0, 0.05) is 5.02 Å². The van der Waals surface area contributed by atoms with Gasteiger partial charge in [-0.2, -0.15) is 11.3 Å². The zero-order valence-electron chi connectivity index (χ0n) is 8.91. The number of aryl methyl sites for hydroxylation is 1. The summed E-state index contributed by atoms with van der Waals surface area (Å²) in [6.45, 7) is 2.02. The Morgan fingerprint density at radius 2 is 2.12 bits per heavy atom. The van der Waals surface area contributed by atoms with Gasteiger partial charge in [-0.3, -0.25) is 5.84 Å². The molecule has 2 rings (SSSR count). The van der Waals surface area contributed by atoms with Crippen molar-refractivity contribution in [2.75, 3.05) is 0 Å². The summed E-state index contributed by atoms with van der Waals surface area (Å²) in [5.74, 6) is 5.61. The van der Waals surface area contributed by atoms with E-state index in [4.69, 9.17) is 17.4 Å². The van der Waals surface area contributed by atoms with Gasteiger partial charge in [-0.15, -0.1) is 0 Å². The number of hydrazine groups is 1. The van der Waals surface area contributed by atoms with Crippen LogP contribution in [0.15, 0.2) is 35.0 Å². The molecule has 1 aromatic carbocycles. The first kappa shape index (κ1) is 11.6. The number of nitrogens with one attached hydrogen (secondary N) is 1. The number of halogens is 1. The monoisotopic (exact) mass is 252 g/mol. The lowest BCUT2D eigenvalue weighted by Gasteiger charge is -2.16. The number of hydrogen-bond donors (Lipinski definition) is 2. The van der Waals surface area contributed by atoms with Crippen LogP contribution in [0.1, 0.15) is 22.7 Å². The van der Waals surface area contributed by atoms with Gasteiger partial charge in [0.2, 0.25) is 0 Å². The summed E-state index contributed by atoms with van der Waals surface area (Å²) in [6.07, 6.45) is 0. The predicted octanol–water partition coefficient (Wildman–Crippen LogP) is 3.26.